The molecule has 193 valence electrons. The first-order valence-corrected chi connectivity index (χ1v) is 11.2. The molecule has 0 atom stereocenters. The van der Waals surface area contributed by atoms with Gasteiger partial charge in [0, 0.05) is 51.7 Å². The molecule has 0 fully saturated rings. The zero-order valence-electron chi connectivity index (χ0n) is 17.2. The summed E-state index contributed by atoms with van der Waals surface area (Å²) in [6.45, 7) is 5.14. The number of aromatic nitrogens is 2. The van der Waals surface area contributed by atoms with E-state index >= 15 is 0 Å². The molecule has 0 bridgehead atoms. The SMILES string of the molecule is NCCNCCNCCN.[Cu+2].[O-][Cl+3]([O-])([O-])[O-].[O-][Cl+3]([O-])([O-])[O-].c1ccc(-c2ccccn2)nc1. The van der Waals surface area contributed by atoms with Crippen LogP contribution in [-0.4, -0.2) is 49.2 Å². The topological polar surface area (TPSA) is 286 Å². The summed E-state index contributed by atoms with van der Waals surface area (Å²) in [5, 5.41) is 6.33. The maximum absolute atomic E-state index is 8.49. The van der Waals surface area contributed by atoms with Gasteiger partial charge < -0.3 is 22.1 Å². The fraction of sp³-hybridized carbons (Fsp3) is 0.375. The molecule has 0 spiro atoms. The van der Waals surface area contributed by atoms with Crippen LogP contribution in [-0.2, 0) is 17.1 Å². The summed E-state index contributed by atoms with van der Waals surface area (Å²) in [7, 11) is -9.89. The van der Waals surface area contributed by atoms with Crippen LogP contribution in [0.2, 0.25) is 0 Å². The maximum Gasteiger partial charge on any atom is 2.00 e. The Morgan fingerprint density at radius 1 is 0.606 bits per heavy atom. The number of nitrogens with one attached hydrogen (secondary N) is 2. The van der Waals surface area contributed by atoms with E-state index in [0.29, 0.717) is 13.1 Å². The normalized spacial score (nSPS) is 10.2. The van der Waals surface area contributed by atoms with Gasteiger partial charge in [-0.15, -0.1) is 20.5 Å². The zero-order valence-corrected chi connectivity index (χ0v) is 19.7. The third-order valence-corrected chi connectivity index (χ3v) is 2.71. The molecule has 0 aliphatic rings. The summed E-state index contributed by atoms with van der Waals surface area (Å²) in [6.07, 6.45) is 3.54. The third kappa shape index (κ3) is 38.5. The fourth-order valence-electron chi connectivity index (χ4n) is 1.66. The van der Waals surface area contributed by atoms with E-state index in [1.807, 2.05) is 36.4 Å². The van der Waals surface area contributed by atoms with Crippen LogP contribution in [0.3, 0.4) is 0 Å². The predicted molar refractivity (Wildman–Crippen MR) is 91.3 cm³/mol. The zero-order chi connectivity index (χ0) is 24.9. The second kappa shape index (κ2) is 22.7. The third-order valence-electron chi connectivity index (χ3n) is 2.71. The van der Waals surface area contributed by atoms with Crippen molar-refractivity contribution in [3.05, 3.63) is 48.8 Å². The standard InChI is InChI=1S/C10H8N2.C6H18N4.2ClHO4.Cu/c1-3-7-11-9(5-1)10-6-2-4-8-12-10;7-1-3-9-5-6-10-4-2-8;2*2-1(3,4)5;/h1-8H;9-10H,1-8H2;2*(H,2,3,4,5);/q;;;;+2/p-2. The number of halogens is 2. The first kappa shape index (κ1) is 36.5. The Kier molecular flexibility index (Phi) is 25.1. The van der Waals surface area contributed by atoms with E-state index in [0.717, 1.165) is 37.6 Å². The van der Waals surface area contributed by atoms with E-state index in [-0.39, 0.29) is 17.1 Å². The van der Waals surface area contributed by atoms with E-state index in [9.17, 15) is 0 Å². The summed E-state index contributed by atoms with van der Waals surface area (Å²) in [5.74, 6) is 0. The van der Waals surface area contributed by atoms with Crippen LogP contribution >= 0.6 is 0 Å². The van der Waals surface area contributed by atoms with Crippen molar-refractivity contribution in [3.8, 4) is 11.4 Å². The minimum Gasteiger partial charge on any atom is -0.329 e. The van der Waals surface area contributed by atoms with Crippen LogP contribution in [0.5, 0.6) is 0 Å². The molecule has 0 amide bonds. The number of pyridine rings is 2. The number of nitrogens with two attached hydrogens (primary N) is 2. The molecular formula is C16H26Cl2CuN6O8. The van der Waals surface area contributed by atoms with Gasteiger partial charge in [-0.1, -0.05) is 12.1 Å². The molecule has 2 rings (SSSR count). The Balaban J connectivity index is -0.000000389. The van der Waals surface area contributed by atoms with Gasteiger partial charge in [-0.3, -0.25) is 9.97 Å². The van der Waals surface area contributed by atoms with Crippen molar-refractivity contribution in [1.29, 1.82) is 0 Å². The molecule has 0 aliphatic carbocycles. The summed E-state index contributed by atoms with van der Waals surface area (Å²) < 4.78 is 67.9. The predicted octanol–water partition coefficient (Wildman–Crippen LogP) is -9.29. The molecule has 0 aliphatic heterocycles. The average molecular weight is 565 g/mol. The second-order valence-corrected chi connectivity index (χ2v) is 6.78. The smallest absolute Gasteiger partial charge is 0.329 e. The Labute approximate surface area is 206 Å². The fourth-order valence-corrected chi connectivity index (χ4v) is 1.66. The van der Waals surface area contributed by atoms with Gasteiger partial charge in [-0.25, -0.2) is 37.3 Å². The van der Waals surface area contributed by atoms with E-state index < -0.39 is 20.5 Å². The van der Waals surface area contributed by atoms with Crippen LogP contribution in [0.15, 0.2) is 48.8 Å². The van der Waals surface area contributed by atoms with Crippen LogP contribution in [0.25, 0.3) is 11.4 Å². The summed E-state index contributed by atoms with van der Waals surface area (Å²) in [5.41, 5.74) is 12.4. The minimum atomic E-state index is -4.94. The van der Waals surface area contributed by atoms with E-state index in [4.69, 9.17) is 48.7 Å². The largest absolute Gasteiger partial charge is 2.00 e. The van der Waals surface area contributed by atoms with Crippen molar-refractivity contribution < 1.29 is 74.8 Å². The summed E-state index contributed by atoms with van der Waals surface area (Å²) in [4.78, 5) is 8.37. The van der Waals surface area contributed by atoms with Crippen molar-refractivity contribution in [3.63, 3.8) is 0 Å². The van der Waals surface area contributed by atoms with Crippen LogP contribution in [0.4, 0.5) is 0 Å². The molecule has 6 N–H and O–H groups in total. The Morgan fingerprint density at radius 2 is 0.909 bits per heavy atom. The van der Waals surface area contributed by atoms with E-state index in [1.54, 1.807) is 12.4 Å². The van der Waals surface area contributed by atoms with E-state index in [2.05, 4.69) is 20.6 Å². The van der Waals surface area contributed by atoms with Crippen molar-refractivity contribution in [2.45, 2.75) is 0 Å². The molecule has 2 aromatic heterocycles. The van der Waals surface area contributed by atoms with Gasteiger partial charge in [-0.2, -0.15) is 0 Å². The Hall–Kier alpha value is -1.08. The Morgan fingerprint density at radius 3 is 1.12 bits per heavy atom. The molecule has 1 radical (unpaired) electrons. The maximum atomic E-state index is 8.49. The molecule has 0 saturated heterocycles. The van der Waals surface area contributed by atoms with Gasteiger partial charge in [0.1, 0.15) is 0 Å². The van der Waals surface area contributed by atoms with Crippen molar-refractivity contribution in [2.24, 2.45) is 11.5 Å². The van der Waals surface area contributed by atoms with Crippen molar-refractivity contribution in [2.75, 3.05) is 39.3 Å². The van der Waals surface area contributed by atoms with Crippen molar-refractivity contribution >= 4 is 0 Å². The van der Waals surface area contributed by atoms with Gasteiger partial charge in [0.15, 0.2) is 0 Å². The minimum absolute atomic E-state index is 0. The van der Waals surface area contributed by atoms with Crippen molar-refractivity contribution in [1.82, 2.24) is 20.6 Å². The molecule has 0 aromatic carbocycles. The molecule has 14 nitrogen and oxygen atoms in total. The first-order chi connectivity index (χ1) is 14.9. The second-order valence-electron chi connectivity index (χ2n) is 5.26. The summed E-state index contributed by atoms with van der Waals surface area (Å²) in [6, 6.07) is 11.6. The van der Waals surface area contributed by atoms with Gasteiger partial charge in [0.2, 0.25) is 0 Å². The van der Waals surface area contributed by atoms with Gasteiger partial charge in [-0.05, 0) is 24.3 Å². The average Bonchev–Trinajstić information content (AvgIpc) is 2.70. The van der Waals surface area contributed by atoms with Crippen LogP contribution in [0, 0.1) is 20.5 Å². The molecule has 2 aromatic rings. The van der Waals surface area contributed by atoms with Gasteiger partial charge in [0.25, 0.3) is 0 Å². The summed E-state index contributed by atoms with van der Waals surface area (Å²) >= 11 is 0. The monoisotopic (exact) mass is 563 g/mol. The molecule has 0 saturated carbocycles. The molecule has 17 heteroatoms. The molecule has 2 heterocycles. The van der Waals surface area contributed by atoms with Gasteiger partial charge in [0.05, 0.1) is 11.4 Å². The Bertz CT molecular complexity index is 587. The molecule has 33 heavy (non-hydrogen) atoms. The van der Waals surface area contributed by atoms with E-state index in [1.165, 1.54) is 0 Å². The van der Waals surface area contributed by atoms with Crippen LogP contribution < -0.4 is 59.4 Å². The number of hydrogen-bond acceptors (Lipinski definition) is 14. The number of hydrogen-bond donors (Lipinski definition) is 4. The van der Waals surface area contributed by atoms with Crippen LogP contribution in [0.1, 0.15) is 0 Å². The van der Waals surface area contributed by atoms with Gasteiger partial charge >= 0.3 is 17.1 Å². The quantitative estimate of drug-likeness (QED) is 0.171. The first-order valence-electron chi connectivity index (χ1n) is 8.76. The number of rotatable bonds is 8. The number of nitrogens with zero attached hydrogens (tertiary/aromatic N) is 2. The molecule has 0 unspecified atom stereocenters. The molecular weight excluding hydrogens is 539 g/mol.